The van der Waals surface area contributed by atoms with E-state index in [-0.39, 0.29) is 41.2 Å². The fourth-order valence-electron chi connectivity index (χ4n) is 2.74. The highest BCUT2D eigenvalue weighted by molar-refractivity contribution is 7.92. The van der Waals surface area contributed by atoms with Crippen LogP contribution in [0.15, 0.2) is 35.7 Å². The SMILES string of the molecule is CC.CCOC(=O)CCc1c(NS(=O)(=O)c2ccc[nH]2)cc2c(ncn2C)c1F. The summed E-state index contributed by atoms with van der Waals surface area (Å²) in [5.74, 6) is -1.15. The van der Waals surface area contributed by atoms with E-state index < -0.39 is 21.8 Å². The lowest BCUT2D eigenvalue weighted by atomic mass is 10.1. The summed E-state index contributed by atoms with van der Waals surface area (Å²) >= 11 is 0. The Kier molecular flexibility index (Phi) is 7.38. The number of rotatable bonds is 7. The Bertz CT molecular complexity index is 1080. The van der Waals surface area contributed by atoms with Gasteiger partial charge in [0.15, 0.2) is 10.8 Å². The molecule has 0 aliphatic heterocycles. The number of aromatic amines is 1. The van der Waals surface area contributed by atoms with Gasteiger partial charge in [0.25, 0.3) is 10.0 Å². The first-order valence-electron chi connectivity index (χ1n) is 9.27. The molecule has 1 aromatic carbocycles. The highest BCUT2D eigenvalue weighted by Crippen LogP contribution is 2.30. The van der Waals surface area contributed by atoms with Gasteiger partial charge >= 0.3 is 5.97 Å². The molecule has 0 atom stereocenters. The number of nitrogens with one attached hydrogen (secondary N) is 2. The standard InChI is InChI=1S/C17H19FN4O4S.C2H6/c1-3-26-15(23)7-6-11-12(21-27(24,25)14-5-4-8-19-14)9-13-17(16(11)18)20-10-22(13)2;1-2/h4-5,8-10,19,21H,3,6-7H2,1-2H3;1-2H3. The smallest absolute Gasteiger partial charge is 0.306 e. The first-order valence-corrected chi connectivity index (χ1v) is 10.8. The van der Waals surface area contributed by atoms with Crippen LogP contribution in [-0.4, -0.2) is 35.5 Å². The van der Waals surface area contributed by atoms with Crippen molar-refractivity contribution in [1.29, 1.82) is 0 Å². The van der Waals surface area contributed by atoms with Gasteiger partial charge in [0.05, 0.1) is 24.1 Å². The van der Waals surface area contributed by atoms with E-state index in [2.05, 4.69) is 14.7 Å². The highest BCUT2D eigenvalue weighted by Gasteiger charge is 2.22. The number of sulfonamides is 1. The Hall–Kier alpha value is -2.88. The van der Waals surface area contributed by atoms with Crippen molar-refractivity contribution in [3.8, 4) is 0 Å². The van der Waals surface area contributed by atoms with E-state index in [0.717, 1.165) is 0 Å². The molecule has 29 heavy (non-hydrogen) atoms. The third-order valence-electron chi connectivity index (χ3n) is 4.05. The lowest BCUT2D eigenvalue weighted by molar-refractivity contribution is -0.143. The van der Waals surface area contributed by atoms with Crippen molar-refractivity contribution in [3.63, 3.8) is 0 Å². The number of nitrogens with zero attached hydrogens (tertiary/aromatic N) is 2. The van der Waals surface area contributed by atoms with Gasteiger partial charge in [-0.3, -0.25) is 9.52 Å². The number of carbonyl (C=O) groups is 1. The van der Waals surface area contributed by atoms with Gasteiger partial charge in [0.1, 0.15) is 5.52 Å². The fraction of sp³-hybridized carbons (Fsp3) is 0.368. The molecule has 0 fully saturated rings. The van der Waals surface area contributed by atoms with Gasteiger partial charge < -0.3 is 14.3 Å². The summed E-state index contributed by atoms with van der Waals surface area (Å²) in [5, 5.41) is -0.0515. The third kappa shape index (κ3) is 4.94. The Morgan fingerprint density at radius 1 is 1.38 bits per heavy atom. The zero-order valence-electron chi connectivity index (χ0n) is 16.8. The quantitative estimate of drug-likeness (QED) is 0.566. The molecule has 2 heterocycles. The Morgan fingerprint density at radius 3 is 2.72 bits per heavy atom. The number of esters is 1. The molecule has 3 rings (SSSR count). The minimum atomic E-state index is -3.94. The molecule has 0 aliphatic rings. The molecule has 158 valence electrons. The topological polar surface area (TPSA) is 106 Å². The van der Waals surface area contributed by atoms with Gasteiger partial charge in [-0.25, -0.2) is 9.37 Å². The molecule has 0 aliphatic carbocycles. The van der Waals surface area contributed by atoms with Gasteiger partial charge in [0, 0.05) is 25.2 Å². The van der Waals surface area contributed by atoms with Crippen LogP contribution in [0.4, 0.5) is 10.1 Å². The zero-order chi connectivity index (χ0) is 21.6. The molecule has 0 unspecified atom stereocenters. The molecule has 0 spiro atoms. The molecule has 0 saturated carbocycles. The number of H-pyrrole nitrogens is 1. The molecule has 3 aromatic rings. The van der Waals surface area contributed by atoms with Gasteiger partial charge in [-0.2, -0.15) is 8.42 Å². The lowest BCUT2D eigenvalue weighted by Crippen LogP contribution is -2.16. The maximum Gasteiger partial charge on any atom is 0.306 e. The first kappa shape index (κ1) is 22.4. The summed E-state index contributed by atoms with van der Waals surface area (Å²) in [4.78, 5) is 18.3. The van der Waals surface area contributed by atoms with E-state index in [1.54, 1.807) is 24.6 Å². The number of benzene rings is 1. The van der Waals surface area contributed by atoms with Crippen molar-refractivity contribution >= 4 is 32.7 Å². The Labute approximate surface area is 169 Å². The van der Waals surface area contributed by atoms with Crippen LogP contribution in [0.5, 0.6) is 0 Å². The van der Waals surface area contributed by atoms with Gasteiger partial charge in [0.2, 0.25) is 0 Å². The minimum absolute atomic E-state index is 0.0280. The molecule has 2 N–H and O–H groups in total. The van der Waals surface area contributed by atoms with Crippen molar-refractivity contribution in [2.75, 3.05) is 11.3 Å². The van der Waals surface area contributed by atoms with E-state index in [9.17, 15) is 13.2 Å². The molecular formula is C19H25FN4O4S. The van der Waals surface area contributed by atoms with E-state index in [0.29, 0.717) is 5.52 Å². The van der Waals surface area contributed by atoms with E-state index in [1.807, 2.05) is 13.8 Å². The number of hydrogen-bond acceptors (Lipinski definition) is 5. The average molecular weight is 424 g/mol. The van der Waals surface area contributed by atoms with E-state index in [1.165, 1.54) is 24.7 Å². The molecule has 0 saturated heterocycles. The molecule has 10 heteroatoms. The molecule has 2 aromatic heterocycles. The van der Waals surface area contributed by atoms with Crippen LogP contribution in [0.3, 0.4) is 0 Å². The van der Waals surface area contributed by atoms with Crippen LogP contribution >= 0.6 is 0 Å². The zero-order valence-corrected chi connectivity index (χ0v) is 17.6. The monoisotopic (exact) mass is 424 g/mol. The van der Waals surface area contributed by atoms with Crippen molar-refractivity contribution in [1.82, 2.24) is 14.5 Å². The van der Waals surface area contributed by atoms with Crippen LogP contribution in [-0.2, 0) is 33.0 Å². The van der Waals surface area contributed by atoms with Crippen molar-refractivity contribution in [3.05, 3.63) is 42.1 Å². The maximum atomic E-state index is 15.0. The number of hydrogen-bond donors (Lipinski definition) is 2. The van der Waals surface area contributed by atoms with Crippen LogP contribution < -0.4 is 4.72 Å². The predicted octanol–water partition coefficient (Wildman–Crippen LogP) is 3.36. The largest absolute Gasteiger partial charge is 0.466 e. The predicted molar refractivity (Wildman–Crippen MR) is 109 cm³/mol. The highest BCUT2D eigenvalue weighted by atomic mass is 32.2. The maximum absolute atomic E-state index is 15.0. The third-order valence-corrected chi connectivity index (χ3v) is 5.37. The molecule has 0 amide bonds. The summed E-state index contributed by atoms with van der Waals surface area (Å²) in [6.07, 6.45) is 2.80. The number of aryl methyl sites for hydroxylation is 1. The summed E-state index contributed by atoms with van der Waals surface area (Å²) in [5.41, 5.74) is 0.655. The summed E-state index contributed by atoms with van der Waals surface area (Å²) < 4.78 is 49.0. The van der Waals surface area contributed by atoms with Crippen LogP contribution in [0.2, 0.25) is 0 Å². The fourth-order valence-corrected chi connectivity index (χ4v) is 3.80. The number of fused-ring (bicyclic) bond motifs is 1. The first-order chi connectivity index (χ1) is 13.8. The van der Waals surface area contributed by atoms with Gasteiger partial charge in [-0.05, 0) is 31.5 Å². The summed E-state index contributed by atoms with van der Waals surface area (Å²) in [6, 6.07) is 4.44. The number of aromatic nitrogens is 3. The van der Waals surface area contributed by atoms with Crippen LogP contribution in [0.25, 0.3) is 11.0 Å². The minimum Gasteiger partial charge on any atom is -0.466 e. The summed E-state index contributed by atoms with van der Waals surface area (Å²) in [7, 11) is -2.26. The average Bonchev–Trinajstić information content (AvgIpc) is 3.34. The van der Waals surface area contributed by atoms with Crippen LogP contribution in [0.1, 0.15) is 32.8 Å². The molecular weight excluding hydrogens is 399 g/mol. The lowest BCUT2D eigenvalue weighted by Gasteiger charge is -2.14. The second-order valence-corrected chi connectivity index (χ2v) is 7.54. The van der Waals surface area contributed by atoms with E-state index in [4.69, 9.17) is 4.74 Å². The molecule has 0 radical (unpaired) electrons. The molecule has 0 bridgehead atoms. The second-order valence-electron chi connectivity index (χ2n) is 5.88. The van der Waals surface area contributed by atoms with Crippen molar-refractivity contribution in [2.45, 2.75) is 38.6 Å². The Morgan fingerprint density at radius 2 is 2.10 bits per heavy atom. The number of halogens is 1. The normalized spacial score (nSPS) is 11.1. The number of ether oxygens (including phenoxy) is 1. The second kappa shape index (κ2) is 9.55. The number of imidazole rings is 1. The van der Waals surface area contributed by atoms with Crippen molar-refractivity contribution < 1.29 is 22.3 Å². The van der Waals surface area contributed by atoms with E-state index >= 15 is 4.39 Å². The Balaban J connectivity index is 0.00000145. The van der Waals surface area contributed by atoms with Crippen LogP contribution in [0, 0.1) is 5.82 Å². The van der Waals surface area contributed by atoms with Gasteiger partial charge in [-0.1, -0.05) is 13.8 Å². The molecule has 8 nitrogen and oxygen atoms in total. The summed E-state index contributed by atoms with van der Waals surface area (Å²) in [6.45, 7) is 5.89. The number of anilines is 1. The van der Waals surface area contributed by atoms with Gasteiger partial charge in [-0.15, -0.1) is 0 Å². The number of carbonyl (C=O) groups excluding carboxylic acids is 1. The van der Waals surface area contributed by atoms with Crippen molar-refractivity contribution in [2.24, 2.45) is 7.05 Å².